The van der Waals surface area contributed by atoms with Gasteiger partial charge in [0.25, 0.3) is 5.92 Å². The molecule has 0 amide bonds. The van der Waals surface area contributed by atoms with Gasteiger partial charge in [0.05, 0.1) is 24.4 Å². The van der Waals surface area contributed by atoms with E-state index in [0.717, 1.165) is 0 Å². The predicted molar refractivity (Wildman–Crippen MR) is 38.3 cm³/mol. The fourth-order valence-electron chi connectivity index (χ4n) is 1.01. The van der Waals surface area contributed by atoms with E-state index in [1.54, 1.807) is 0 Å². The molecule has 1 aromatic heterocycles. The molecule has 1 aliphatic heterocycles. The number of hydrogen-bond donors (Lipinski definition) is 0. The lowest BCUT2D eigenvalue weighted by Crippen LogP contribution is -2.19. The van der Waals surface area contributed by atoms with Crippen LogP contribution < -0.4 is 4.98 Å². The smallest absolute Gasteiger partial charge is 0.280 e. The molecule has 0 saturated carbocycles. The highest BCUT2D eigenvalue weighted by Gasteiger charge is 2.39. The van der Waals surface area contributed by atoms with E-state index in [2.05, 4.69) is 19.9 Å². The molecular weight excluding hydrogens is 194 g/mol. The SMILES string of the molecule is N#Cc1nnc(C(F)(F)CC2CO2)[n-]1. The molecule has 7 heteroatoms. The lowest BCUT2D eigenvalue weighted by Gasteiger charge is -2.14. The van der Waals surface area contributed by atoms with Crippen LogP contribution in [0.25, 0.3) is 0 Å². The number of rotatable bonds is 3. The Labute approximate surface area is 77.7 Å². The number of nitriles is 1. The Morgan fingerprint density at radius 3 is 2.86 bits per heavy atom. The zero-order valence-corrected chi connectivity index (χ0v) is 6.94. The van der Waals surface area contributed by atoms with Crippen molar-refractivity contribution < 1.29 is 13.5 Å². The lowest BCUT2D eigenvalue weighted by atomic mass is 10.2. The molecule has 1 atom stereocenters. The number of halogens is 2. The first-order valence-electron chi connectivity index (χ1n) is 3.89. The van der Waals surface area contributed by atoms with Crippen molar-refractivity contribution >= 4 is 0 Å². The number of hydrogen-bond acceptors (Lipinski definition) is 4. The van der Waals surface area contributed by atoms with Gasteiger partial charge in [-0.3, -0.25) is 0 Å². The van der Waals surface area contributed by atoms with Crippen LogP contribution in [0.3, 0.4) is 0 Å². The first-order valence-corrected chi connectivity index (χ1v) is 3.89. The van der Waals surface area contributed by atoms with E-state index in [1.807, 2.05) is 0 Å². The van der Waals surface area contributed by atoms with Crippen molar-refractivity contribution in [2.24, 2.45) is 0 Å². The molecule has 14 heavy (non-hydrogen) atoms. The molecule has 0 bridgehead atoms. The molecular formula is C7H5F2N4O-. The van der Waals surface area contributed by atoms with E-state index in [9.17, 15) is 8.78 Å². The molecule has 1 saturated heterocycles. The normalized spacial score (nSPS) is 20.5. The summed E-state index contributed by atoms with van der Waals surface area (Å²) in [4.78, 5) is 3.29. The Kier molecular flexibility index (Phi) is 1.93. The van der Waals surface area contributed by atoms with Gasteiger partial charge >= 0.3 is 0 Å². The average Bonchev–Trinajstić information content (AvgIpc) is 2.81. The maximum Gasteiger partial charge on any atom is 0.280 e. The van der Waals surface area contributed by atoms with Gasteiger partial charge in [0.15, 0.2) is 0 Å². The Morgan fingerprint density at radius 2 is 2.36 bits per heavy atom. The Bertz CT molecular complexity index is 379. The van der Waals surface area contributed by atoms with Crippen LogP contribution in [0.5, 0.6) is 0 Å². The molecule has 0 spiro atoms. The number of alkyl halides is 2. The third kappa shape index (κ3) is 1.70. The highest BCUT2D eigenvalue weighted by atomic mass is 19.3. The zero-order valence-electron chi connectivity index (χ0n) is 6.94. The highest BCUT2D eigenvalue weighted by molar-refractivity contribution is 5.10. The lowest BCUT2D eigenvalue weighted by molar-refractivity contribution is -0.0288. The van der Waals surface area contributed by atoms with Gasteiger partial charge in [0.1, 0.15) is 6.07 Å². The van der Waals surface area contributed by atoms with Crippen LogP contribution >= 0.6 is 0 Å². The highest BCUT2D eigenvalue weighted by Crippen LogP contribution is 2.34. The predicted octanol–water partition coefficient (Wildman–Crippen LogP) is 0.186. The van der Waals surface area contributed by atoms with Gasteiger partial charge in [-0.15, -0.1) is 0 Å². The summed E-state index contributed by atoms with van der Waals surface area (Å²) in [6.07, 6.45) is -0.877. The van der Waals surface area contributed by atoms with E-state index >= 15 is 0 Å². The third-order valence-electron chi connectivity index (χ3n) is 1.76. The Morgan fingerprint density at radius 1 is 1.64 bits per heavy atom. The van der Waals surface area contributed by atoms with Gasteiger partial charge in [-0.05, 0) is 0 Å². The summed E-state index contributed by atoms with van der Waals surface area (Å²) in [5.74, 6) is -4.20. The van der Waals surface area contributed by atoms with Crippen LogP contribution in [0.4, 0.5) is 8.78 Å². The third-order valence-corrected chi connectivity index (χ3v) is 1.76. The van der Waals surface area contributed by atoms with Crippen molar-refractivity contribution in [1.82, 2.24) is 15.2 Å². The number of epoxide rings is 1. The van der Waals surface area contributed by atoms with Gasteiger partial charge in [0.2, 0.25) is 0 Å². The minimum absolute atomic E-state index is 0.337. The van der Waals surface area contributed by atoms with E-state index in [4.69, 9.17) is 5.26 Å². The number of ether oxygens (including phenoxy) is 1. The average molecular weight is 199 g/mol. The van der Waals surface area contributed by atoms with Crippen LogP contribution in [0.15, 0.2) is 0 Å². The molecule has 74 valence electrons. The van der Waals surface area contributed by atoms with Crippen LogP contribution in [-0.4, -0.2) is 22.9 Å². The van der Waals surface area contributed by atoms with Crippen LogP contribution in [0, 0.1) is 11.3 Å². The fourth-order valence-corrected chi connectivity index (χ4v) is 1.01. The second-order valence-electron chi connectivity index (χ2n) is 2.93. The van der Waals surface area contributed by atoms with Crippen molar-refractivity contribution in [3.05, 3.63) is 11.6 Å². The summed E-state index contributed by atoms with van der Waals surface area (Å²) in [6.45, 7) is 0.342. The first-order chi connectivity index (χ1) is 6.62. The zero-order chi connectivity index (χ0) is 10.2. The van der Waals surface area contributed by atoms with Crippen molar-refractivity contribution in [3.63, 3.8) is 0 Å². The quantitative estimate of drug-likeness (QED) is 0.649. The molecule has 2 rings (SSSR count). The summed E-state index contributed by atoms with van der Waals surface area (Å²) in [6, 6.07) is 1.54. The second kappa shape index (κ2) is 2.99. The largest absolute Gasteiger partial charge is 0.373 e. The van der Waals surface area contributed by atoms with E-state index in [-0.39, 0.29) is 5.82 Å². The maximum atomic E-state index is 13.2. The molecule has 1 aromatic rings. The summed E-state index contributed by atoms with van der Waals surface area (Å²) < 4.78 is 31.2. The van der Waals surface area contributed by atoms with Gasteiger partial charge < -0.3 is 19.9 Å². The number of nitrogens with zero attached hydrogens (tertiary/aromatic N) is 4. The van der Waals surface area contributed by atoms with Crippen molar-refractivity contribution in [3.8, 4) is 6.07 Å². The molecule has 1 fully saturated rings. The fraction of sp³-hybridized carbons (Fsp3) is 0.571. The Balaban J connectivity index is 2.15. The molecule has 5 nitrogen and oxygen atoms in total. The summed E-state index contributed by atoms with van der Waals surface area (Å²) in [5.41, 5.74) is 0. The minimum atomic E-state index is -3.16. The summed E-state index contributed by atoms with van der Waals surface area (Å²) >= 11 is 0. The van der Waals surface area contributed by atoms with Crippen molar-refractivity contribution in [2.75, 3.05) is 6.61 Å². The van der Waals surface area contributed by atoms with Gasteiger partial charge in [-0.25, -0.2) is 8.78 Å². The first kappa shape index (κ1) is 9.02. The molecule has 0 radical (unpaired) electrons. The maximum absolute atomic E-state index is 13.2. The summed E-state index contributed by atoms with van der Waals surface area (Å²) in [7, 11) is 0. The molecule has 0 aromatic carbocycles. The van der Waals surface area contributed by atoms with Crippen LogP contribution in [-0.2, 0) is 10.7 Å². The number of aromatic nitrogens is 3. The molecule has 0 aliphatic carbocycles. The Hall–Kier alpha value is -1.55. The summed E-state index contributed by atoms with van der Waals surface area (Å²) in [5, 5.41) is 14.7. The van der Waals surface area contributed by atoms with Crippen molar-refractivity contribution in [1.29, 1.82) is 5.26 Å². The second-order valence-corrected chi connectivity index (χ2v) is 2.93. The van der Waals surface area contributed by atoms with E-state index in [1.165, 1.54) is 6.07 Å². The standard InChI is InChI=1S/C7H5F2N4O/c8-7(9,1-4-3-14-4)6-11-5(2-10)12-13-6/h4H,1,3H2/q-1. The van der Waals surface area contributed by atoms with Gasteiger partial charge in [0, 0.05) is 6.42 Å². The molecule has 1 aliphatic rings. The molecule has 2 heterocycles. The van der Waals surface area contributed by atoms with Crippen molar-refractivity contribution in [2.45, 2.75) is 18.4 Å². The van der Waals surface area contributed by atoms with Gasteiger partial charge in [-0.1, -0.05) is 0 Å². The molecule has 1 unspecified atom stereocenters. The van der Waals surface area contributed by atoms with E-state index in [0.29, 0.717) is 6.61 Å². The minimum Gasteiger partial charge on any atom is -0.373 e. The topological polar surface area (TPSA) is 76.2 Å². The van der Waals surface area contributed by atoms with Gasteiger partial charge in [-0.2, -0.15) is 5.26 Å². The van der Waals surface area contributed by atoms with E-state index < -0.39 is 24.3 Å². The molecule has 0 N–H and O–H groups in total. The monoisotopic (exact) mass is 199 g/mol. The van der Waals surface area contributed by atoms with Crippen LogP contribution in [0.2, 0.25) is 0 Å². The van der Waals surface area contributed by atoms with Crippen LogP contribution in [0.1, 0.15) is 18.1 Å².